The largest absolute Gasteiger partial charge is 0.480 e. The van der Waals surface area contributed by atoms with E-state index < -0.39 is 12.0 Å². The number of hydrogen-bond donors (Lipinski definition) is 2. The molecule has 0 spiro atoms. The van der Waals surface area contributed by atoms with Gasteiger partial charge in [0.05, 0.1) is 0 Å². The molecule has 0 aromatic heterocycles. The minimum atomic E-state index is -0.822. The highest BCUT2D eigenvalue weighted by Crippen LogP contribution is 2.30. The summed E-state index contributed by atoms with van der Waals surface area (Å²) in [5, 5.41) is 11.8. The van der Waals surface area contributed by atoms with E-state index in [0.29, 0.717) is 6.54 Å². The van der Waals surface area contributed by atoms with Crippen molar-refractivity contribution in [1.29, 1.82) is 0 Å². The van der Waals surface area contributed by atoms with Gasteiger partial charge in [-0.1, -0.05) is 28.1 Å². The number of aliphatic carboxylic acids is 1. The third-order valence-electron chi connectivity index (χ3n) is 2.20. The quantitative estimate of drug-likeness (QED) is 0.787. The number of carboxylic acids is 1. The Morgan fingerprint density at radius 1 is 1.62 bits per heavy atom. The summed E-state index contributed by atoms with van der Waals surface area (Å²) >= 11 is 3.39. The van der Waals surface area contributed by atoms with Crippen LogP contribution in [0.2, 0.25) is 0 Å². The molecular formula is C9H8BrNO2. The van der Waals surface area contributed by atoms with Gasteiger partial charge in [-0.25, -0.2) is 0 Å². The standard InChI is InChI=1S/C9H8BrNO2/c10-7-3-1-2-5-6(7)4-11-8(5)9(12)13/h1-3,8,11H,4H2,(H,12,13)/t8-/m1/s1. The average molecular weight is 242 g/mol. The molecule has 1 aliphatic heterocycles. The van der Waals surface area contributed by atoms with E-state index in [1.807, 2.05) is 18.2 Å². The molecule has 1 aromatic rings. The molecular weight excluding hydrogens is 234 g/mol. The number of nitrogens with one attached hydrogen (secondary N) is 1. The summed E-state index contributed by atoms with van der Waals surface area (Å²) in [6.45, 7) is 0.619. The van der Waals surface area contributed by atoms with Crippen LogP contribution in [0.1, 0.15) is 17.2 Å². The number of carboxylic acid groups (broad SMARTS) is 1. The number of fused-ring (bicyclic) bond motifs is 1. The predicted octanol–water partition coefficient (Wildman–Crippen LogP) is 1.68. The first-order valence-corrected chi connectivity index (χ1v) is 4.73. The van der Waals surface area contributed by atoms with E-state index in [0.717, 1.165) is 15.6 Å². The van der Waals surface area contributed by atoms with Crippen LogP contribution in [0.5, 0.6) is 0 Å². The summed E-state index contributed by atoms with van der Waals surface area (Å²) in [7, 11) is 0. The van der Waals surface area contributed by atoms with E-state index in [1.165, 1.54) is 0 Å². The van der Waals surface area contributed by atoms with Crippen molar-refractivity contribution in [2.45, 2.75) is 12.6 Å². The lowest BCUT2D eigenvalue weighted by molar-refractivity contribution is -0.139. The molecule has 0 fully saturated rings. The number of halogens is 1. The van der Waals surface area contributed by atoms with Gasteiger partial charge in [0.15, 0.2) is 0 Å². The maximum Gasteiger partial charge on any atom is 0.325 e. The van der Waals surface area contributed by atoms with Crippen LogP contribution in [0.15, 0.2) is 22.7 Å². The van der Waals surface area contributed by atoms with Gasteiger partial charge in [0.2, 0.25) is 0 Å². The van der Waals surface area contributed by atoms with Gasteiger partial charge >= 0.3 is 5.97 Å². The fraction of sp³-hybridized carbons (Fsp3) is 0.222. The molecule has 2 rings (SSSR count). The van der Waals surface area contributed by atoms with Crippen molar-refractivity contribution >= 4 is 21.9 Å². The Morgan fingerprint density at radius 2 is 2.38 bits per heavy atom. The SMILES string of the molecule is O=C(O)[C@@H]1NCc2c(Br)cccc21. The van der Waals surface area contributed by atoms with Crippen molar-refractivity contribution in [3.63, 3.8) is 0 Å². The third kappa shape index (κ3) is 1.36. The third-order valence-corrected chi connectivity index (χ3v) is 2.94. The van der Waals surface area contributed by atoms with Gasteiger partial charge in [-0.2, -0.15) is 0 Å². The van der Waals surface area contributed by atoms with Crippen LogP contribution in [0.3, 0.4) is 0 Å². The zero-order valence-electron chi connectivity index (χ0n) is 6.75. The molecule has 0 aliphatic carbocycles. The Balaban J connectivity index is 2.49. The first kappa shape index (κ1) is 8.72. The molecule has 1 atom stereocenters. The number of carbonyl (C=O) groups is 1. The second kappa shape index (κ2) is 3.12. The van der Waals surface area contributed by atoms with Crippen molar-refractivity contribution in [2.24, 2.45) is 0 Å². The average Bonchev–Trinajstić information content (AvgIpc) is 2.48. The zero-order valence-corrected chi connectivity index (χ0v) is 8.34. The van der Waals surface area contributed by atoms with Gasteiger partial charge in [0.25, 0.3) is 0 Å². The lowest BCUT2D eigenvalue weighted by Crippen LogP contribution is -2.21. The van der Waals surface area contributed by atoms with Crippen LogP contribution in [-0.2, 0) is 11.3 Å². The molecule has 0 amide bonds. The first-order chi connectivity index (χ1) is 6.20. The van der Waals surface area contributed by atoms with Crippen LogP contribution in [-0.4, -0.2) is 11.1 Å². The lowest BCUT2D eigenvalue weighted by Gasteiger charge is -2.05. The monoisotopic (exact) mass is 241 g/mol. The first-order valence-electron chi connectivity index (χ1n) is 3.93. The zero-order chi connectivity index (χ0) is 9.42. The van der Waals surface area contributed by atoms with Crippen molar-refractivity contribution in [3.05, 3.63) is 33.8 Å². The molecule has 3 nitrogen and oxygen atoms in total. The molecule has 0 saturated heterocycles. The minimum absolute atomic E-state index is 0.549. The molecule has 1 aromatic carbocycles. The maximum absolute atomic E-state index is 10.8. The van der Waals surface area contributed by atoms with Crippen molar-refractivity contribution in [3.8, 4) is 0 Å². The Hall–Kier alpha value is -0.870. The Morgan fingerprint density at radius 3 is 3.08 bits per heavy atom. The summed E-state index contributed by atoms with van der Waals surface area (Å²) in [6, 6.07) is 5.07. The van der Waals surface area contributed by atoms with Gasteiger partial charge in [-0.05, 0) is 17.2 Å². The van der Waals surface area contributed by atoms with E-state index >= 15 is 0 Å². The highest BCUT2D eigenvalue weighted by atomic mass is 79.9. The summed E-state index contributed by atoms with van der Waals surface area (Å²) < 4.78 is 0.973. The molecule has 68 valence electrons. The minimum Gasteiger partial charge on any atom is -0.480 e. The Bertz CT molecular complexity index is 365. The fourth-order valence-corrected chi connectivity index (χ4v) is 2.09. The molecule has 0 saturated carbocycles. The van der Waals surface area contributed by atoms with E-state index in [2.05, 4.69) is 21.2 Å². The van der Waals surface area contributed by atoms with E-state index in [-0.39, 0.29) is 0 Å². The highest BCUT2D eigenvalue weighted by molar-refractivity contribution is 9.10. The summed E-state index contributed by atoms with van der Waals surface area (Å²) in [5.74, 6) is -0.822. The van der Waals surface area contributed by atoms with Crippen LogP contribution in [0, 0.1) is 0 Å². The summed E-state index contributed by atoms with van der Waals surface area (Å²) in [4.78, 5) is 10.8. The van der Waals surface area contributed by atoms with Crippen LogP contribution >= 0.6 is 15.9 Å². The van der Waals surface area contributed by atoms with Crippen LogP contribution < -0.4 is 5.32 Å². The Labute approximate surface area is 83.9 Å². The molecule has 1 heterocycles. The van der Waals surface area contributed by atoms with E-state index in [9.17, 15) is 4.79 Å². The van der Waals surface area contributed by atoms with E-state index in [1.54, 1.807) is 0 Å². The number of benzene rings is 1. The second-order valence-electron chi connectivity index (χ2n) is 2.96. The topological polar surface area (TPSA) is 49.3 Å². The molecule has 13 heavy (non-hydrogen) atoms. The number of hydrogen-bond acceptors (Lipinski definition) is 2. The van der Waals surface area contributed by atoms with Gasteiger partial charge in [-0.15, -0.1) is 0 Å². The summed E-state index contributed by atoms with van der Waals surface area (Å²) in [5.41, 5.74) is 1.91. The van der Waals surface area contributed by atoms with Crippen molar-refractivity contribution in [1.82, 2.24) is 5.32 Å². The van der Waals surface area contributed by atoms with Gasteiger partial charge < -0.3 is 5.11 Å². The van der Waals surface area contributed by atoms with Gasteiger partial charge in [0, 0.05) is 11.0 Å². The smallest absolute Gasteiger partial charge is 0.325 e. The lowest BCUT2D eigenvalue weighted by atomic mass is 10.1. The van der Waals surface area contributed by atoms with Gasteiger partial charge in [0.1, 0.15) is 6.04 Å². The number of rotatable bonds is 1. The maximum atomic E-state index is 10.8. The highest BCUT2D eigenvalue weighted by Gasteiger charge is 2.28. The van der Waals surface area contributed by atoms with Crippen molar-refractivity contribution in [2.75, 3.05) is 0 Å². The molecule has 0 unspecified atom stereocenters. The predicted molar refractivity (Wildman–Crippen MR) is 51.4 cm³/mol. The fourth-order valence-electron chi connectivity index (χ4n) is 1.57. The van der Waals surface area contributed by atoms with Gasteiger partial charge in [-0.3, -0.25) is 10.1 Å². The normalized spacial score (nSPS) is 19.9. The molecule has 2 N–H and O–H groups in total. The molecule has 1 aliphatic rings. The molecule has 4 heteroatoms. The molecule has 0 bridgehead atoms. The van der Waals surface area contributed by atoms with Crippen LogP contribution in [0.4, 0.5) is 0 Å². The molecule has 0 radical (unpaired) electrons. The van der Waals surface area contributed by atoms with E-state index in [4.69, 9.17) is 5.11 Å². The van der Waals surface area contributed by atoms with Crippen molar-refractivity contribution < 1.29 is 9.90 Å². The second-order valence-corrected chi connectivity index (χ2v) is 3.81. The van der Waals surface area contributed by atoms with Crippen LogP contribution in [0.25, 0.3) is 0 Å². The summed E-state index contributed by atoms with van der Waals surface area (Å²) in [6.07, 6.45) is 0. The Kier molecular flexibility index (Phi) is 2.09.